The van der Waals surface area contributed by atoms with Gasteiger partial charge in [0.25, 0.3) is 0 Å². The van der Waals surface area contributed by atoms with Crippen molar-refractivity contribution in [2.24, 2.45) is 10.2 Å². The van der Waals surface area contributed by atoms with Gasteiger partial charge in [-0.15, -0.1) is 0 Å². The molecule has 0 aliphatic carbocycles. The van der Waals surface area contributed by atoms with Gasteiger partial charge >= 0.3 is 0 Å². The molecule has 19 heavy (non-hydrogen) atoms. The molecule has 1 unspecified atom stereocenters. The SMILES string of the molecule is CCCCCCC(O)N=NC.CCCCCCC=O. The minimum atomic E-state index is -0.572. The van der Waals surface area contributed by atoms with E-state index in [-0.39, 0.29) is 0 Å². The second-order valence-corrected chi connectivity index (χ2v) is 4.66. The maximum atomic E-state index is 9.77. The smallest absolute Gasteiger partial charge is 0.165 e. The van der Waals surface area contributed by atoms with E-state index in [2.05, 4.69) is 24.1 Å². The van der Waals surface area contributed by atoms with Gasteiger partial charge in [-0.1, -0.05) is 52.4 Å². The van der Waals surface area contributed by atoms with Crippen LogP contribution in [0.4, 0.5) is 0 Å². The van der Waals surface area contributed by atoms with Crippen LogP contribution in [-0.4, -0.2) is 24.7 Å². The molecule has 114 valence electrons. The number of unbranched alkanes of at least 4 members (excludes halogenated alkanes) is 7. The molecular formula is C15H32N2O2. The maximum absolute atomic E-state index is 9.77. The van der Waals surface area contributed by atoms with Crippen molar-refractivity contribution < 1.29 is 9.90 Å². The van der Waals surface area contributed by atoms with Gasteiger partial charge < -0.3 is 9.90 Å². The summed E-state index contributed by atoms with van der Waals surface area (Å²) in [5.74, 6) is 0. The molecule has 0 spiro atoms. The summed E-state index contributed by atoms with van der Waals surface area (Å²) in [6, 6.07) is 0. The Morgan fingerprint density at radius 2 is 1.58 bits per heavy atom. The number of hydrogen-bond acceptors (Lipinski definition) is 4. The Kier molecular flexibility index (Phi) is 21.2. The van der Waals surface area contributed by atoms with E-state index >= 15 is 0 Å². The highest BCUT2D eigenvalue weighted by Gasteiger charge is 1.98. The monoisotopic (exact) mass is 272 g/mol. The lowest BCUT2D eigenvalue weighted by Gasteiger charge is -2.01. The number of carbonyl (C=O) groups is 1. The van der Waals surface area contributed by atoms with E-state index in [1.54, 1.807) is 7.05 Å². The Morgan fingerprint density at radius 3 is 2.05 bits per heavy atom. The quantitative estimate of drug-likeness (QED) is 0.341. The van der Waals surface area contributed by atoms with Crippen molar-refractivity contribution >= 4 is 6.29 Å². The fourth-order valence-corrected chi connectivity index (χ4v) is 1.60. The number of hydrogen-bond donors (Lipinski definition) is 1. The van der Waals surface area contributed by atoms with Crippen molar-refractivity contribution in [2.45, 2.75) is 84.3 Å². The molecule has 0 aliphatic rings. The summed E-state index contributed by atoms with van der Waals surface area (Å²) < 4.78 is 0. The predicted octanol–water partition coefficient (Wildman–Crippen LogP) is 4.51. The van der Waals surface area contributed by atoms with Crippen molar-refractivity contribution in [2.75, 3.05) is 7.05 Å². The molecule has 0 saturated carbocycles. The molecule has 0 amide bonds. The summed E-state index contributed by atoms with van der Waals surface area (Å²) >= 11 is 0. The molecule has 0 aromatic heterocycles. The van der Waals surface area contributed by atoms with E-state index in [1.807, 2.05) is 0 Å². The first kappa shape index (κ1) is 20.5. The molecule has 0 radical (unpaired) electrons. The van der Waals surface area contributed by atoms with Crippen LogP contribution in [0.3, 0.4) is 0 Å². The molecule has 0 rings (SSSR count). The molecule has 0 bridgehead atoms. The number of nitrogens with zero attached hydrogens (tertiary/aromatic N) is 2. The van der Waals surface area contributed by atoms with E-state index in [1.165, 1.54) is 38.5 Å². The van der Waals surface area contributed by atoms with E-state index in [0.717, 1.165) is 32.0 Å². The second-order valence-electron chi connectivity index (χ2n) is 4.66. The third kappa shape index (κ3) is 22.8. The van der Waals surface area contributed by atoms with Crippen molar-refractivity contribution in [1.82, 2.24) is 0 Å². The molecule has 4 heteroatoms. The van der Waals surface area contributed by atoms with Gasteiger partial charge in [0.2, 0.25) is 0 Å². The first-order valence-electron chi connectivity index (χ1n) is 7.63. The van der Waals surface area contributed by atoms with Crippen LogP contribution in [0, 0.1) is 0 Å². The van der Waals surface area contributed by atoms with Crippen LogP contribution in [0.1, 0.15) is 78.1 Å². The predicted molar refractivity (Wildman–Crippen MR) is 80.4 cm³/mol. The van der Waals surface area contributed by atoms with Crippen molar-refractivity contribution in [3.05, 3.63) is 0 Å². The molecule has 0 fully saturated rings. The Hall–Kier alpha value is -0.770. The Labute approximate surface area is 118 Å². The van der Waals surface area contributed by atoms with Gasteiger partial charge in [-0.25, -0.2) is 0 Å². The summed E-state index contributed by atoms with van der Waals surface area (Å²) in [6.07, 6.45) is 11.4. The van der Waals surface area contributed by atoms with E-state index in [4.69, 9.17) is 5.11 Å². The average Bonchev–Trinajstić information content (AvgIpc) is 2.41. The molecule has 1 atom stereocenters. The largest absolute Gasteiger partial charge is 0.370 e. The molecule has 1 N–H and O–H groups in total. The zero-order valence-electron chi connectivity index (χ0n) is 13.0. The van der Waals surface area contributed by atoms with Gasteiger partial charge in [-0.2, -0.15) is 10.2 Å². The topological polar surface area (TPSA) is 62.0 Å². The number of carbonyl (C=O) groups excluding carboxylic acids is 1. The number of aldehydes is 1. The highest BCUT2D eigenvalue weighted by molar-refractivity contribution is 5.48. The van der Waals surface area contributed by atoms with Gasteiger partial charge in [-0.05, 0) is 19.3 Å². The molecule has 0 saturated heterocycles. The summed E-state index contributed by atoms with van der Waals surface area (Å²) in [5.41, 5.74) is 0. The Bertz CT molecular complexity index is 197. The Balaban J connectivity index is 0. The number of rotatable bonds is 11. The molecule has 0 aliphatic heterocycles. The van der Waals surface area contributed by atoms with Crippen LogP contribution >= 0.6 is 0 Å². The normalized spacial score (nSPS) is 12.0. The minimum absolute atomic E-state index is 0.572. The molecule has 0 heterocycles. The Morgan fingerprint density at radius 1 is 1.00 bits per heavy atom. The molecule has 0 aromatic rings. The van der Waals surface area contributed by atoms with E-state index in [0.29, 0.717) is 0 Å². The van der Waals surface area contributed by atoms with Crippen molar-refractivity contribution in [1.29, 1.82) is 0 Å². The molecule has 0 aromatic carbocycles. The van der Waals surface area contributed by atoms with Gasteiger partial charge in [0, 0.05) is 13.5 Å². The molecular weight excluding hydrogens is 240 g/mol. The maximum Gasteiger partial charge on any atom is 0.165 e. The molecule has 4 nitrogen and oxygen atoms in total. The van der Waals surface area contributed by atoms with Gasteiger partial charge in [0.15, 0.2) is 6.23 Å². The highest BCUT2D eigenvalue weighted by Crippen LogP contribution is 2.05. The second kappa shape index (κ2) is 19.6. The van der Waals surface area contributed by atoms with Crippen LogP contribution in [0.2, 0.25) is 0 Å². The minimum Gasteiger partial charge on any atom is -0.370 e. The van der Waals surface area contributed by atoms with Crippen LogP contribution in [0.15, 0.2) is 10.2 Å². The van der Waals surface area contributed by atoms with Crippen LogP contribution in [0.5, 0.6) is 0 Å². The van der Waals surface area contributed by atoms with Crippen LogP contribution < -0.4 is 0 Å². The lowest BCUT2D eigenvalue weighted by Crippen LogP contribution is -2.00. The van der Waals surface area contributed by atoms with Gasteiger partial charge in [-0.3, -0.25) is 0 Å². The summed E-state index contributed by atoms with van der Waals surface area (Å²) in [6.45, 7) is 4.34. The van der Waals surface area contributed by atoms with Gasteiger partial charge in [0.1, 0.15) is 6.29 Å². The first-order valence-corrected chi connectivity index (χ1v) is 7.63. The fraction of sp³-hybridized carbons (Fsp3) is 0.933. The highest BCUT2D eigenvalue weighted by atomic mass is 16.3. The third-order valence-corrected chi connectivity index (χ3v) is 2.74. The summed E-state index contributed by atoms with van der Waals surface area (Å²) in [4.78, 5) is 9.77. The van der Waals surface area contributed by atoms with Gasteiger partial charge in [0.05, 0.1) is 0 Å². The zero-order valence-corrected chi connectivity index (χ0v) is 13.0. The zero-order chi connectivity index (χ0) is 14.8. The first-order chi connectivity index (χ1) is 9.22. The number of azo groups is 1. The van der Waals surface area contributed by atoms with Crippen LogP contribution in [0.25, 0.3) is 0 Å². The standard InChI is InChI=1S/C8H18N2O.C7H14O/c1-3-4-5-6-7-8(11)10-9-2;1-2-3-4-5-6-7-8/h8,11H,3-7H2,1-2H3;7H,2-6H2,1H3. The number of aliphatic hydroxyl groups is 1. The van der Waals surface area contributed by atoms with Crippen molar-refractivity contribution in [3.8, 4) is 0 Å². The third-order valence-electron chi connectivity index (χ3n) is 2.74. The van der Waals surface area contributed by atoms with Crippen molar-refractivity contribution in [3.63, 3.8) is 0 Å². The number of aliphatic hydroxyl groups excluding tert-OH is 1. The van der Waals surface area contributed by atoms with Crippen LogP contribution in [-0.2, 0) is 4.79 Å². The fourth-order valence-electron chi connectivity index (χ4n) is 1.60. The summed E-state index contributed by atoms with van der Waals surface area (Å²) in [7, 11) is 1.58. The van der Waals surface area contributed by atoms with E-state index in [9.17, 15) is 4.79 Å². The lowest BCUT2D eigenvalue weighted by molar-refractivity contribution is -0.107. The van der Waals surface area contributed by atoms with E-state index < -0.39 is 6.23 Å². The average molecular weight is 272 g/mol. The lowest BCUT2D eigenvalue weighted by atomic mass is 10.1. The summed E-state index contributed by atoms with van der Waals surface area (Å²) in [5, 5.41) is 16.2.